The highest BCUT2D eigenvalue weighted by atomic mass is 16.1. The molecule has 3 aliphatic rings. The lowest BCUT2D eigenvalue weighted by Crippen LogP contribution is -2.11. The fraction of sp³-hybridized carbons (Fsp3) is 0.545. The van der Waals surface area contributed by atoms with Gasteiger partial charge in [0.25, 0.3) is 0 Å². The lowest BCUT2D eigenvalue weighted by Gasteiger charge is -2.10. The van der Waals surface area contributed by atoms with Crippen molar-refractivity contribution in [3.05, 3.63) is 23.3 Å². The summed E-state index contributed by atoms with van der Waals surface area (Å²) >= 11 is 0. The molecule has 1 nitrogen and oxygen atoms in total. The molecule has 0 radical (unpaired) electrons. The molecule has 0 fully saturated rings. The third-order valence-corrected chi connectivity index (χ3v) is 3.51. The summed E-state index contributed by atoms with van der Waals surface area (Å²) in [5.41, 5.74) is 3.23. The minimum atomic E-state index is 0.329. The first kappa shape index (κ1) is 6.64. The van der Waals surface area contributed by atoms with Gasteiger partial charge >= 0.3 is 0 Å². The first-order chi connectivity index (χ1) is 5.86. The van der Waals surface area contributed by atoms with Crippen LogP contribution in [0.3, 0.4) is 0 Å². The summed E-state index contributed by atoms with van der Waals surface area (Å²) in [6.07, 6.45) is 8.84. The maximum atomic E-state index is 11.4. The van der Waals surface area contributed by atoms with Crippen LogP contribution in [0.15, 0.2) is 23.3 Å². The van der Waals surface area contributed by atoms with E-state index in [4.69, 9.17) is 0 Å². The fourth-order valence-electron chi connectivity index (χ4n) is 2.95. The molecule has 1 heteroatoms. The molecule has 0 unspecified atom stereocenters. The van der Waals surface area contributed by atoms with Gasteiger partial charge in [0.2, 0.25) is 0 Å². The molecule has 0 aromatic carbocycles. The van der Waals surface area contributed by atoms with Crippen molar-refractivity contribution >= 4 is 5.78 Å². The third kappa shape index (κ3) is 0.669. The normalized spacial score (nSPS) is 37.8. The van der Waals surface area contributed by atoms with E-state index in [1.807, 2.05) is 0 Å². The average molecular weight is 160 g/mol. The van der Waals surface area contributed by atoms with Gasteiger partial charge in [-0.2, -0.15) is 0 Å². The second-order valence-electron chi connectivity index (χ2n) is 4.08. The Morgan fingerprint density at radius 2 is 2.25 bits per heavy atom. The maximum absolute atomic E-state index is 11.4. The summed E-state index contributed by atoms with van der Waals surface area (Å²) in [5.74, 6) is 1.22. The highest BCUT2D eigenvalue weighted by Crippen LogP contribution is 2.48. The van der Waals surface area contributed by atoms with Crippen molar-refractivity contribution in [3.63, 3.8) is 0 Å². The number of rotatable bonds is 0. The van der Waals surface area contributed by atoms with Crippen molar-refractivity contribution < 1.29 is 4.79 Å². The Balaban J connectivity index is 2.00. The SMILES string of the molecule is O=C1C=C[C@@H]2C3=C(CCC3)C[C@H]12. The Kier molecular flexibility index (Phi) is 1.16. The van der Waals surface area contributed by atoms with Crippen LogP contribution < -0.4 is 0 Å². The molecule has 12 heavy (non-hydrogen) atoms. The van der Waals surface area contributed by atoms with E-state index >= 15 is 0 Å². The van der Waals surface area contributed by atoms with E-state index in [-0.39, 0.29) is 0 Å². The molecule has 0 saturated carbocycles. The molecule has 0 heterocycles. The monoisotopic (exact) mass is 160 g/mol. The highest BCUT2D eigenvalue weighted by molar-refractivity contribution is 5.96. The molecule has 0 aromatic rings. The molecule has 62 valence electrons. The molecule has 0 aliphatic heterocycles. The van der Waals surface area contributed by atoms with Crippen molar-refractivity contribution in [2.45, 2.75) is 25.7 Å². The molecule has 0 N–H and O–H groups in total. The predicted molar refractivity (Wildman–Crippen MR) is 46.6 cm³/mol. The number of ketones is 1. The molecule has 0 spiro atoms. The lowest BCUT2D eigenvalue weighted by molar-refractivity contribution is -0.117. The molecule has 0 bridgehead atoms. The minimum absolute atomic E-state index is 0.329. The smallest absolute Gasteiger partial charge is 0.159 e. The number of carbonyl (C=O) groups excluding carboxylic acids is 1. The minimum Gasteiger partial charge on any atom is -0.295 e. The van der Waals surface area contributed by atoms with E-state index in [2.05, 4.69) is 6.08 Å². The van der Waals surface area contributed by atoms with Crippen molar-refractivity contribution in [1.82, 2.24) is 0 Å². The Morgan fingerprint density at radius 1 is 1.33 bits per heavy atom. The van der Waals surface area contributed by atoms with E-state index in [1.54, 1.807) is 17.2 Å². The van der Waals surface area contributed by atoms with Gasteiger partial charge in [0, 0.05) is 11.8 Å². The van der Waals surface area contributed by atoms with Crippen LogP contribution in [0.1, 0.15) is 25.7 Å². The van der Waals surface area contributed by atoms with Crippen LogP contribution in [0.25, 0.3) is 0 Å². The van der Waals surface area contributed by atoms with Gasteiger partial charge in [-0.1, -0.05) is 17.2 Å². The quantitative estimate of drug-likeness (QED) is 0.497. The molecule has 0 aromatic heterocycles. The van der Waals surface area contributed by atoms with Crippen LogP contribution in [-0.2, 0) is 4.79 Å². The van der Waals surface area contributed by atoms with Gasteiger partial charge in [-0.3, -0.25) is 4.79 Å². The Morgan fingerprint density at radius 3 is 3.17 bits per heavy atom. The van der Waals surface area contributed by atoms with Crippen molar-refractivity contribution in [1.29, 1.82) is 0 Å². The van der Waals surface area contributed by atoms with Crippen LogP contribution in [0.4, 0.5) is 0 Å². The van der Waals surface area contributed by atoms with E-state index in [9.17, 15) is 4.79 Å². The summed E-state index contributed by atoms with van der Waals surface area (Å²) in [7, 11) is 0. The number of carbonyl (C=O) groups is 1. The molecule has 0 saturated heterocycles. The van der Waals surface area contributed by atoms with Crippen molar-refractivity contribution in [3.8, 4) is 0 Å². The molecule has 3 rings (SSSR count). The van der Waals surface area contributed by atoms with Gasteiger partial charge in [-0.25, -0.2) is 0 Å². The van der Waals surface area contributed by atoms with Crippen LogP contribution in [0.5, 0.6) is 0 Å². The summed E-state index contributed by atoms with van der Waals surface area (Å²) in [5, 5.41) is 0. The second kappa shape index (κ2) is 2.09. The summed E-state index contributed by atoms with van der Waals surface area (Å²) in [6, 6.07) is 0. The lowest BCUT2D eigenvalue weighted by atomic mass is 9.92. The average Bonchev–Trinajstić information content (AvgIpc) is 2.63. The Labute approximate surface area is 72.2 Å². The fourth-order valence-corrected chi connectivity index (χ4v) is 2.95. The van der Waals surface area contributed by atoms with Crippen LogP contribution in [0, 0.1) is 11.8 Å². The number of allylic oxidation sites excluding steroid dienone is 4. The van der Waals surface area contributed by atoms with Crippen LogP contribution in [-0.4, -0.2) is 5.78 Å². The molecule has 3 aliphatic carbocycles. The van der Waals surface area contributed by atoms with E-state index in [1.165, 1.54) is 19.3 Å². The van der Waals surface area contributed by atoms with Crippen molar-refractivity contribution in [2.75, 3.05) is 0 Å². The first-order valence-corrected chi connectivity index (χ1v) is 4.79. The second-order valence-corrected chi connectivity index (χ2v) is 4.08. The molecule has 2 atom stereocenters. The zero-order valence-electron chi connectivity index (χ0n) is 7.05. The van der Waals surface area contributed by atoms with E-state index in [0.717, 1.165) is 6.42 Å². The Bertz CT molecular complexity index is 309. The zero-order chi connectivity index (χ0) is 8.13. The van der Waals surface area contributed by atoms with Crippen molar-refractivity contribution in [2.24, 2.45) is 11.8 Å². The number of hydrogen-bond acceptors (Lipinski definition) is 1. The van der Waals surface area contributed by atoms with E-state index in [0.29, 0.717) is 17.6 Å². The van der Waals surface area contributed by atoms with Gasteiger partial charge in [0.15, 0.2) is 5.78 Å². The number of hydrogen-bond donors (Lipinski definition) is 0. The summed E-state index contributed by atoms with van der Waals surface area (Å²) < 4.78 is 0. The van der Waals surface area contributed by atoms with Gasteiger partial charge in [-0.15, -0.1) is 0 Å². The van der Waals surface area contributed by atoms with Gasteiger partial charge in [0.05, 0.1) is 0 Å². The third-order valence-electron chi connectivity index (χ3n) is 3.51. The highest BCUT2D eigenvalue weighted by Gasteiger charge is 2.40. The largest absolute Gasteiger partial charge is 0.295 e. The zero-order valence-corrected chi connectivity index (χ0v) is 7.05. The Hall–Kier alpha value is -0.850. The van der Waals surface area contributed by atoms with Crippen LogP contribution >= 0.6 is 0 Å². The van der Waals surface area contributed by atoms with Crippen LogP contribution in [0.2, 0.25) is 0 Å². The van der Waals surface area contributed by atoms with Gasteiger partial charge in [-0.05, 0) is 31.8 Å². The standard InChI is InChI=1S/C11H12O/c12-11-5-4-9-8-3-1-2-7(8)6-10(9)11/h4-5,9-10H,1-3,6H2/t9-,10+/m1/s1. The topological polar surface area (TPSA) is 17.1 Å². The molecule has 0 amide bonds. The number of fused-ring (bicyclic) bond motifs is 2. The first-order valence-electron chi connectivity index (χ1n) is 4.79. The van der Waals surface area contributed by atoms with Gasteiger partial charge in [0.1, 0.15) is 0 Å². The predicted octanol–water partition coefficient (Wildman–Crippen LogP) is 2.24. The van der Waals surface area contributed by atoms with Gasteiger partial charge < -0.3 is 0 Å². The maximum Gasteiger partial charge on any atom is 0.159 e. The summed E-state index contributed by atoms with van der Waals surface area (Å²) in [6.45, 7) is 0. The molecular weight excluding hydrogens is 148 g/mol. The molecular formula is C11H12O. The summed E-state index contributed by atoms with van der Waals surface area (Å²) in [4.78, 5) is 11.4. The van der Waals surface area contributed by atoms with E-state index < -0.39 is 0 Å².